The maximum Gasteiger partial charge on any atom is 0.140 e. The number of fused-ring (bicyclic) bond motifs is 2. The molecule has 0 N–H and O–H groups in total. The van der Waals surface area contributed by atoms with Gasteiger partial charge in [0.1, 0.15) is 18.3 Å². The van der Waals surface area contributed by atoms with Crippen LogP contribution in [0.15, 0.2) is 0 Å². The summed E-state index contributed by atoms with van der Waals surface area (Å²) < 4.78 is 12.2. The van der Waals surface area contributed by atoms with Crippen LogP contribution in [0, 0.1) is 34.2 Å². The lowest BCUT2D eigenvalue weighted by Crippen LogP contribution is -2.43. The molecular formula is C18H30O2. The van der Waals surface area contributed by atoms with E-state index >= 15 is 0 Å². The summed E-state index contributed by atoms with van der Waals surface area (Å²) in [4.78, 5) is 0. The molecule has 0 saturated heterocycles. The highest BCUT2D eigenvalue weighted by Gasteiger charge is 2.68. The van der Waals surface area contributed by atoms with Crippen LogP contribution < -0.4 is 0 Å². The summed E-state index contributed by atoms with van der Waals surface area (Å²) in [6.07, 6.45) is 5.58. The molecule has 0 radical (unpaired) electrons. The van der Waals surface area contributed by atoms with Gasteiger partial charge in [0.2, 0.25) is 0 Å². The molecule has 4 atom stereocenters. The lowest BCUT2D eigenvalue weighted by molar-refractivity contribution is -0.113. The highest BCUT2D eigenvalue weighted by molar-refractivity contribution is 5.17. The molecule has 2 rings (SSSR count). The van der Waals surface area contributed by atoms with E-state index < -0.39 is 0 Å². The fraction of sp³-hybridized carbons (Fsp3) is 0.889. The van der Waals surface area contributed by atoms with Crippen LogP contribution >= 0.6 is 0 Å². The van der Waals surface area contributed by atoms with Crippen LogP contribution in [0.3, 0.4) is 0 Å². The van der Waals surface area contributed by atoms with Crippen molar-refractivity contribution in [1.29, 1.82) is 0 Å². The Hall–Kier alpha value is -0.680. The Labute approximate surface area is 124 Å². The van der Waals surface area contributed by atoms with E-state index in [-0.39, 0.29) is 28.5 Å². The van der Waals surface area contributed by atoms with E-state index in [9.17, 15) is 0 Å². The average molecular weight is 278 g/mol. The Morgan fingerprint density at radius 2 is 1.85 bits per heavy atom. The molecule has 2 aliphatic rings. The first-order chi connectivity index (χ1) is 9.13. The third-order valence-corrected chi connectivity index (χ3v) is 5.69. The van der Waals surface area contributed by atoms with Crippen molar-refractivity contribution in [2.24, 2.45) is 22.2 Å². The van der Waals surface area contributed by atoms with Gasteiger partial charge in [-0.05, 0) is 23.7 Å². The SMILES string of the molecule is CC#CO[C@@H]1[C@H]2CC[C@@](C)([C@@H]1OCC(C)(C)C)C2(C)C. The molecule has 2 fully saturated rings. The molecule has 0 aliphatic heterocycles. The topological polar surface area (TPSA) is 18.5 Å². The summed E-state index contributed by atoms with van der Waals surface area (Å²) in [5, 5.41) is 0. The third-order valence-electron chi connectivity index (χ3n) is 5.69. The van der Waals surface area contributed by atoms with Crippen molar-refractivity contribution in [3.8, 4) is 12.0 Å². The van der Waals surface area contributed by atoms with E-state index in [0.717, 1.165) is 6.61 Å². The Bertz CT molecular complexity index is 421. The zero-order valence-electron chi connectivity index (χ0n) is 14.2. The van der Waals surface area contributed by atoms with E-state index in [2.05, 4.69) is 53.6 Å². The predicted molar refractivity (Wildman–Crippen MR) is 82.1 cm³/mol. The predicted octanol–water partition coefficient (Wildman–Crippen LogP) is 4.24. The first-order valence-corrected chi connectivity index (χ1v) is 7.82. The summed E-state index contributed by atoms with van der Waals surface area (Å²) >= 11 is 0. The molecule has 2 aliphatic carbocycles. The molecule has 0 aromatic carbocycles. The van der Waals surface area contributed by atoms with E-state index in [4.69, 9.17) is 9.47 Å². The number of hydrogen-bond acceptors (Lipinski definition) is 2. The normalized spacial score (nSPS) is 38.5. The minimum Gasteiger partial charge on any atom is -0.440 e. The van der Waals surface area contributed by atoms with Gasteiger partial charge in [0.15, 0.2) is 0 Å². The summed E-state index contributed by atoms with van der Waals surface area (Å²) in [6.45, 7) is 16.4. The quantitative estimate of drug-likeness (QED) is 0.719. The Morgan fingerprint density at radius 1 is 1.20 bits per heavy atom. The third kappa shape index (κ3) is 2.35. The van der Waals surface area contributed by atoms with Crippen molar-refractivity contribution in [2.75, 3.05) is 6.61 Å². The molecule has 2 nitrogen and oxygen atoms in total. The highest BCUT2D eigenvalue weighted by atomic mass is 16.5. The van der Waals surface area contributed by atoms with Gasteiger partial charge in [0.25, 0.3) is 0 Å². The van der Waals surface area contributed by atoms with E-state index in [0.29, 0.717) is 5.92 Å². The van der Waals surface area contributed by atoms with Gasteiger partial charge in [0, 0.05) is 18.3 Å². The molecule has 2 saturated carbocycles. The fourth-order valence-corrected chi connectivity index (χ4v) is 4.11. The second-order valence-corrected chi connectivity index (χ2v) is 8.51. The summed E-state index contributed by atoms with van der Waals surface area (Å²) in [5.41, 5.74) is 0.641. The second-order valence-electron chi connectivity index (χ2n) is 8.51. The van der Waals surface area contributed by atoms with Crippen LogP contribution in [0.25, 0.3) is 0 Å². The molecule has 0 aromatic heterocycles. The van der Waals surface area contributed by atoms with Crippen molar-refractivity contribution in [2.45, 2.75) is 73.5 Å². The van der Waals surface area contributed by atoms with Crippen molar-refractivity contribution in [1.82, 2.24) is 0 Å². The van der Waals surface area contributed by atoms with Gasteiger partial charge in [-0.15, -0.1) is 0 Å². The minimum absolute atomic E-state index is 0.124. The summed E-state index contributed by atoms with van der Waals surface area (Å²) in [7, 11) is 0. The van der Waals surface area contributed by atoms with Crippen LogP contribution in [0.2, 0.25) is 0 Å². The molecule has 0 aromatic rings. The fourth-order valence-electron chi connectivity index (χ4n) is 4.11. The van der Waals surface area contributed by atoms with Crippen LogP contribution in [-0.2, 0) is 9.47 Å². The average Bonchev–Trinajstić information content (AvgIpc) is 2.63. The molecule has 2 heteroatoms. The Balaban J connectivity index is 2.22. The highest BCUT2D eigenvalue weighted by Crippen LogP contribution is 2.67. The first-order valence-electron chi connectivity index (χ1n) is 7.82. The van der Waals surface area contributed by atoms with Gasteiger partial charge in [0.05, 0.1) is 6.61 Å². The van der Waals surface area contributed by atoms with E-state index in [1.54, 1.807) is 0 Å². The van der Waals surface area contributed by atoms with Gasteiger partial charge >= 0.3 is 0 Å². The maximum atomic E-state index is 6.36. The standard InChI is InChI=1S/C18H30O2/c1-8-11-19-14-13-9-10-18(7,17(13,5)6)15(14)20-12-16(2,3)4/h13-15H,9-10,12H2,1-7H3/t13-,14-,15-,18+/m1/s1. The monoisotopic (exact) mass is 278 g/mol. The maximum absolute atomic E-state index is 6.36. The largest absolute Gasteiger partial charge is 0.440 e. The van der Waals surface area contributed by atoms with Crippen LogP contribution in [-0.4, -0.2) is 18.8 Å². The zero-order chi connectivity index (χ0) is 15.2. The molecule has 0 amide bonds. The van der Waals surface area contributed by atoms with Crippen molar-refractivity contribution < 1.29 is 9.47 Å². The van der Waals surface area contributed by atoms with E-state index in [1.807, 2.05) is 6.92 Å². The lowest BCUT2D eigenvalue weighted by atomic mass is 9.70. The molecule has 2 bridgehead atoms. The van der Waals surface area contributed by atoms with Crippen molar-refractivity contribution >= 4 is 0 Å². The first kappa shape index (κ1) is 15.7. The number of rotatable bonds is 3. The summed E-state index contributed by atoms with van der Waals surface area (Å²) in [5.74, 6) is 3.41. The number of ether oxygens (including phenoxy) is 2. The minimum atomic E-state index is 0.124. The van der Waals surface area contributed by atoms with Gasteiger partial charge in [-0.25, -0.2) is 0 Å². The molecule has 0 heterocycles. The van der Waals surface area contributed by atoms with Crippen LogP contribution in [0.1, 0.15) is 61.3 Å². The molecular weight excluding hydrogens is 248 g/mol. The van der Waals surface area contributed by atoms with Gasteiger partial charge in [-0.3, -0.25) is 0 Å². The lowest BCUT2D eigenvalue weighted by Gasteiger charge is -2.40. The number of hydrogen-bond donors (Lipinski definition) is 0. The summed E-state index contributed by atoms with van der Waals surface area (Å²) in [6, 6.07) is 0. The van der Waals surface area contributed by atoms with Crippen LogP contribution in [0.4, 0.5) is 0 Å². The second kappa shape index (κ2) is 4.95. The molecule has 0 spiro atoms. The van der Waals surface area contributed by atoms with Gasteiger partial charge < -0.3 is 9.47 Å². The Kier molecular flexibility index (Phi) is 3.89. The van der Waals surface area contributed by atoms with Crippen LogP contribution in [0.5, 0.6) is 0 Å². The molecule has 114 valence electrons. The molecule has 20 heavy (non-hydrogen) atoms. The van der Waals surface area contributed by atoms with Crippen molar-refractivity contribution in [3.05, 3.63) is 0 Å². The Morgan fingerprint density at radius 3 is 2.40 bits per heavy atom. The van der Waals surface area contributed by atoms with Gasteiger partial charge in [-0.2, -0.15) is 0 Å². The molecule has 0 unspecified atom stereocenters. The van der Waals surface area contributed by atoms with E-state index in [1.165, 1.54) is 12.8 Å². The smallest absolute Gasteiger partial charge is 0.140 e. The van der Waals surface area contributed by atoms with Crippen molar-refractivity contribution in [3.63, 3.8) is 0 Å². The van der Waals surface area contributed by atoms with Gasteiger partial charge in [-0.1, -0.05) is 47.5 Å². The zero-order valence-corrected chi connectivity index (χ0v) is 14.2.